The van der Waals surface area contributed by atoms with Crippen LogP contribution < -0.4 is 5.32 Å². The van der Waals surface area contributed by atoms with Gasteiger partial charge in [-0.15, -0.1) is 10.2 Å². The first-order chi connectivity index (χ1) is 14.8. The number of hydrogen-bond donors (Lipinski definition) is 3. The Morgan fingerprint density at radius 2 is 1.97 bits per heavy atom. The molecule has 1 aromatic carbocycles. The molecule has 3 N–H and O–H groups in total. The third-order valence-electron chi connectivity index (χ3n) is 5.75. The van der Waals surface area contributed by atoms with Crippen LogP contribution in [0, 0.1) is 0 Å². The van der Waals surface area contributed by atoms with Crippen LogP contribution in [0.1, 0.15) is 39.2 Å². The molecule has 0 radical (unpaired) electrons. The average molecular weight is 424 g/mol. The van der Waals surface area contributed by atoms with Gasteiger partial charge in [-0.1, -0.05) is 12.5 Å². The first kappa shape index (κ1) is 21.2. The van der Waals surface area contributed by atoms with Gasteiger partial charge in [0.15, 0.2) is 0 Å². The van der Waals surface area contributed by atoms with Crippen molar-refractivity contribution < 1.29 is 10.2 Å². The van der Waals surface area contributed by atoms with Gasteiger partial charge >= 0.3 is 0 Å². The number of nitrogens with one attached hydrogen (secondary N) is 1. The van der Waals surface area contributed by atoms with Crippen molar-refractivity contribution in [3.8, 4) is 11.4 Å². The maximum absolute atomic E-state index is 10.7. The summed E-state index contributed by atoms with van der Waals surface area (Å²) in [5.74, 6) is 0.985. The summed E-state index contributed by atoms with van der Waals surface area (Å²) in [5, 5.41) is 41.7. The number of benzene rings is 1. The highest BCUT2D eigenvalue weighted by Gasteiger charge is 2.32. The fourth-order valence-corrected chi connectivity index (χ4v) is 3.82. The molecule has 0 spiro atoms. The Kier molecular flexibility index (Phi) is 5.88. The number of phenolic OH excluding ortho intramolecular Hbond substituents is 1. The van der Waals surface area contributed by atoms with Crippen molar-refractivity contribution in [2.45, 2.75) is 45.3 Å². The molecule has 0 bridgehead atoms. The van der Waals surface area contributed by atoms with Crippen LogP contribution in [0.5, 0.6) is 5.75 Å². The second-order valence-corrected chi connectivity index (χ2v) is 8.46. The molecule has 3 heterocycles. The van der Waals surface area contributed by atoms with Crippen LogP contribution in [0.2, 0.25) is 0 Å². The summed E-state index contributed by atoms with van der Waals surface area (Å²) in [6.07, 6.45) is 6.73. The van der Waals surface area contributed by atoms with Gasteiger partial charge in [-0.05, 0) is 38.5 Å². The average Bonchev–Trinajstić information content (AvgIpc) is 3.20. The normalized spacial score (nSPS) is 20.1. The Bertz CT molecular complexity index is 1020. The molecule has 164 valence electrons. The molecular formula is C22H29N7O2. The van der Waals surface area contributed by atoms with E-state index in [0.29, 0.717) is 29.9 Å². The number of amidine groups is 1. The summed E-state index contributed by atoms with van der Waals surface area (Å²) in [6.45, 7) is 8.00. The molecule has 1 aromatic heterocycles. The summed E-state index contributed by atoms with van der Waals surface area (Å²) < 4.78 is 0. The van der Waals surface area contributed by atoms with Crippen LogP contribution in [0.25, 0.3) is 5.69 Å². The van der Waals surface area contributed by atoms with E-state index >= 15 is 0 Å². The summed E-state index contributed by atoms with van der Waals surface area (Å²) >= 11 is 0. The zero-order chi connectivity index (χ0) is 22.0. The quantitative estimate of drug-likeness (QED) is 0.692. The van der Waals surface area contributed by atoms with E-state index in [-0.39, 0.29) is 11.8 Å². The molecule has 2 aromatic rings. The molecule has 0 amide bonds. The molecule has 1 fully saturated rings. The minimum absolute atomic E-state index is 0.0443. The smallest absolute Gasteiger partial charge is 0.131 e. The topological polar surface area (TPSA) is 111 Å². The lowest BCUT2D eigenvalue weighted by Gasteiger charge is -2.40. The van der Waals surface area contributed by atoms with Crippen molar-refractivity contribution in [3.05, 3.63) is 47.8 Å². The number of piperazine rings is 1. The molecule has 1 unspecified atom stereocenters. The molecule has 2 aliphatic rings. The highest BCUT2D eigenvalue weighted by Crippen LogP contribution is 2.25. The van der Waals surface area contributed by atoms with Crippen LogP contribution in [-0.4, -0.2) is 72.9 Å². The van der Waals surface area contributed by atoms with E-state index in [1.807, 2.05) is 32.1 Å². The lowest BCUT2D eigenvalue weighted by atomic mass is 9.96. The van der Waals surface area contributed by atoms with Crippen LogP contribution in [0.3, 0.4) is 0 Å². The van der Waals surface area contributed by atoms with Crippen molar-refractivity contribution >= 4 is 11.5 Å². The Morgan fingerprint density at radius 3 is 2.65 bits per heavy atom. The predicted molar refractivity (Wildman–Crippen MR) is 120 cm³/mol. The number of phenols is 1. The number of aliphatic hydroxyl groups is 1. The zero-order valence-corrected chi connectivity index (χ0v) is 18.2. The van der Waals surface area contributed by atoms with Gasteiger partial charge in [-0.25, -0.2) is 0 Å². The molecule has 4 rings (SSSR count). The standard InChI is InChI=1S/C22H29N7O2/c1-4-15-11-18(17-6-5-16(13-19(17)30)29-24-7-8-25-29)26-27-21(12-15)28-10-9-23-20(14-28)22(2,3)31/h5-8,11,13,20,23,30-31H,4,9-10,12,14H2,1-3H3. The van der Waals surface area contributed by atoms with Crippen LogP contribution in [0.15, 0.2) is 52.4 Å². The summed E-state index contributed by atoms with van der Waals surface area (Å²) in [5.41, 5.74) is 2.27. The Hall–Kier alpha value is -3.04. The summed E-state index contributed by atoms with van der Waals surface area (Å²) in [6, 6.07) is 5.23. The Balaban J connectivity index is 1.63. The van der Waals surface area contributed by atoms with E-state index in [4.69, 9.17) is 0 Å². The van der Waals surface area contributed by atoms with E-state index in [1.54, 1.807) is 18.5 Å². The number of aromatic nitrogens is 3. The molecule has 1 saturated heterocycles. The predicted octanol–water partition coefficient (Wildman–Crippen LogP) is 1.86. The number of rotatable bonds is 4. The van der Waals surface area contributed by atoms with Crippen LogP contribution >= 0.6 is 0 Å². The highest BCUT2D eigenvalue weighted by atomic mass is 16.3. The molecular weight excluding hydrogens is 394 g/mol. The molecule has 0 saturated carbocycles. The zero-order valence-electron chi connectivity index (χ0n) is 18.2. The molecule has 9 nitrogen and oxygen atoms in total. The van der Waals surface area contributed by atoms with Crippen molar-refractivity contribution in [2.24, 2.45) is 10.2 Å². The van der Waals surface area contributed by atoms with E-state index < -0.39 is 5.60 Å². The second-order valence-electron chi connectivity index (χ2n) is 8.46. The Labute approximate surface area is 181 Å². The molecule has 2 aliphatic heterocycles. The number of aromatic hydroxyl groups is 1. The SMILES string of the molecule is CCC1=CC(c2ccc(-n3nccn3)cc2O)=NN=C(N2CCNC(C(C)(C)O)C2)C1. The van der Waals surface area contributed by atoms with Gasteiger partial charge < -0.3 is 20.4 Å². The van der Waals surface area contributed by atoms with E-state index in [2.05, 4.69) is 37.5 Å². The first-order valence-corrected chi connectivity index (χ1v) is 10.6. The minimum Gasteiger partial charge on any atom is -0.507 e. The number of hydrogen-bond acceptors (Lipinski definition) is 8. The molecule has 0 aliphatic carbocycles. The van der Waals surface area contributed by atoms with Crippen LogP contribution in [-0.2, 0) is 0 Å². The van der Waals surface area contributed by atoms with E-state index in [0.717, 1.165) is 25.3 Å². The molecule has 9 heteroatoms. The van der Waals surface area contributed by atoms with Crippen molar-refractivity contribution in [1.29, 1.82) is 0 Å². The third-order valence-corrected chi connectivity index (χ3v) is 5.75. The number of allylic oxidation sites excluding steroid dienone is 1. The maximum Gasteiger partial charge on any atom is 0.131 e. The first-order valence-electron chi connectivity index (χ1n) is 10.6. The second kappa shape index (κ2) is 8.60. The van der Waals surface area contributed by atoms with Crippen LogP contribution in [0.4, 0.5) is 0 Å². The highest BCUT2D eigenvalue weighted by molar-refractivity contribution is 6.12. The summed E-state index contributed by atoms with van der Waals surface area (Å²) in [4.78, 5) is 3.65. The van der Waals surface area contributed by atoms with Crippen molar-refractivity contribution in [3.63, 3.8) is 0 Å². The van der Waals surface area contributed by atoms with Gasteiger partial charge in [0, 0.05) is 37.7 Å². The van der Waals surface area contributed by atoms with Crippen molar-refractivity contribution in [1.82, 2.24) is 25.2 Å². The fourth-order valence-electron chi connectivity index (χ4n) is 3.82. The fraction of sp³-hybridized carbons (Fsp3) is 0.455. The Morgan fingerprint density at radius 1 is 1.19 bits per heavy atom. The van der Waals surface area contributed by atoms with E-state index in [1.165, 1.54) is 10.4 Å². The van der Waals surface area contributed by atoms with Gasteiger partial charge in [0.25, 0.3) is 0 Å². The van der Waals surface area contributed by atoms with Gasteiger partial charge in [0.05, 0.1) is 35.4 Å². The summed E-state index contributed by atoms with van der Waals surface area (Å²) in [7, 11) is 0. The van der Waals surface area contributed by atoms with Gasteiger partial charge in [-0.3, -0.25) is 0 Å². The number of nitrogens with zero attached hydrogens (tertiary/aromatic N) is 6. The lowest BCUT2D eigenvalue weighted by molar-refractivity contribution is 0.0202. The van der Waals surface area contributed by atoms with Gasteiger partial charge in [-0.2, -0.15) is 15.0 Å². The van der Waals surface area contributed by atoms with Gasteiger partial charge in [0.2, 0.25) is 0 Å². The van der Waals surface area contributed by atoms with Gasteiger partial charge in [0.1, 0.15) is 11.6 Å². The lowest BCUT2D eigenvalue weighted by Crippen LogP contribution is -2.60. The molecule has 1 atom stereocenters. The van der Waals surface area contributed by atoms with Crippen molar-refractivity contribution in [2.75, 3.05) is 19.6 Å². The monoisotopic (exact) mass is 423 g/mol. The van der Waals surface area contributed by atoms with E-state index in [9.17, 15) is 10.2 Å². The third kappa shape index (κ3) is 4.67. The largest absolute Gasteiger partial charge is 0.507 e. The molecule has 31 heavy (non-hydrogen) atoms. The maximum atomic E-state index is 10.7. The minimum atomic E-state index is -0.821.